The Morgan fingerprint density at radius 1 is 1.06 bits per heavy atom. The van der Waals surface area contributed by atoms with E-state index in [1.165, 1.54) is 24.5 Å². The summed E-state index contributed by atoms with van der Waals surface area (Å²) in [6.45, 7) is 1.64. The lowest BCUT2D eigenvalue weighted by molar-refractivity contribution is 0.0985. The Kier molecular flexibility index (Phi) is 5.67. The molecular weight excluding hydrogens is 493 g/mol. The van der Waals surface area contributed by atoms with E-state index in [-0.39, 0.29) is 39.3 Å². The molecule has 0 radical (unpaired) electrons. The highest BCUT2D eigenvalue weighted by Crippen LogP contribution is 2.35. The van der Waals surface area contributed by atoms with Gasteiger partial charge in [-0.25, -0.2) is 26.6 Å². The van der Waals surface area contributed by atoms with Crippen LogP contribution in [0, 0.1) is 17.5 Å². The van der Waals surface area contributed by atoms with E-state index in [0.29, 0.717) is 11.0 Å². The molecule has 3 aromatic carbocycles. The van der Waals surface area contributed by atoms with E-state index in [9.17, 15) is 17.6 Å². The molecule has 184 valence electrons. The lowest BCUT2D eigenvalue weighted by Crippen LogP contribution is -2.09. The number of sulfone groups is 1. The maximum Gasteiger partial charge on any atom is 0.184 e. The second-order valence-electron chi connectivity index (χ2n) is 8.33. The third kappa shape index (κ3) is 3.67. The number of ketones is 1. The van der Waals surface area contributed by atoms with E-state index < -0.39 is 44.2 Å². The van der Waals surface area contributed by atoms with Crippen LogP contribution in [-0.2, 0) is 22.6 Å². The van der Waals surface area contributed by atoms with Gasteiger partial charge in [-0.2, -0.15) is 5.10 Å². The number of fused-ring (bicyclic) bond motifs is 2. The zero-order valence-electron chi connectivity index (χ0n) is 19.1. The van der Waals surface area contributed by atoms with E-state index in [1.54, 1.807) is 24.6 Å². The molecule has 5 aromatic rings. The maximum atomic E-state index is 15.6. The molecule has 7 nitrogen and oxygen atoms in total. The van der Waals surface area contributed by atoms with Crippen LogP contribution in [0.25, 0.3) is 33.1 Å². The van der Waals surface area contributed by atoms with Crippen LogP contribution in [0.1, 0.15) is 29.4 Å². The molecule has 0 aliphatic rings. The lowest BCUT2D eigenvalue weighted by Gasteiger charge is -2.12. The number of hydrogen-bond donors (Lipinski definition) is 1. The Morgan fingerprint density at radius 3 is 2.58 bits per heavy atom. The van der Waals surface area contributed by atoms with E-state index >= 15 is 8.78 Å². The molecule has 0 unspecified atom stereocenters. The first kappa shape index (κ1) is 23.7. The number of imidazole rings is 1. The Morgan fingerprint density at radius 2 is 1.83 bits per heavy atom. The fourth-order valence-corrected chi connectivity index (χ4v) is 5.91. The number of hydrogen-bond acceptors (Lipinski definition) is 5. The van der Waals surface area contributed by atoms with Crippen molar-refractivity contribution >= 4 is 37.6 Å². The summed E-state index contributed by atoms with van der Waals surface area (Å²) >= 11 is 0. The summed E-state index contributed by atoms with van der Waals surface area (Å²) in [6, 6.07) is 8.99. The molecule has 11 heteroatoms. The SMILES string of the molecule is CCC(=O)c1[nH]nc2c(F)c(-c3c(F)ccc(CS(=O)(=O)c4cccc5ncn(C)c45)c3F)ccc12. The van der Waals surface area contributed by atoms with Gasteiger partial charge in [0.25, 0.3) is 0 Å². The van der Waals surface area contributed by atoms with Gasteiger partial charge in [-0.1, -0.05) is 25.1 Å². The summed E-state index contributed by atoms with van der Waals surface area (Å²) in [5.74, 6) is -4.37. The molecule has 0 saturated heterocycles. The Balaban J connectivity index is 1.62. The summed E-state index contributed by atoms with van der Waals surface area (Å²) in [5, 5.41) is 6.48. The van der Waals surface area contributed by atoms with Crippen LogP contribution in [-0.4, -0.2) is 33.9 Å². The van der Waals surface area contributed by atoms with Crippen LogP contribution < -0.4 is 0 Å². The average molecular weight is 513 g/mol. The van der Waals surface area contributed by atoms with Crippen molar-refractivity contribution < 1.29 is 26.4 Å². The number of rotatable bonds is 6. The van der Waals surface area contributed by atoms with Gasteiger partial charge in [0, 0.05) is 30.0 Å². The van der Waals surface area contributed by atoms with Gasteiger partial charge < -0.3 is 4.57 Å². The fourth-order valence-electron chi connectivity index (χ4n) is 4.29. The first-order valence-corrected chi connectivity index (χ1v) is 12.6. The summed E-state index contributed by atoms with van der Waals surface area (Å²) in [4.78, 5) is 16.2. The van der Waals surface area contributed by atoms with Crippen molar-refractivity contribution in [3.8, 4) is 11.1 Å². The standard InChI is InChI=1S/C25H19F3N4O3S/c1-3-18(33)23-15-9-8-14(22(28)24(15)31-30-23)20-16(26)10-7-13(21(20)27)11-36(34,35)19-6-4-5-17-25(19)32(2)12-29-17/h4-10,12H,3,11H2,1-2H3,(H,30,31). The quantitative estimate of drug-likeness (QED) is 0.319. The Labute approximate surface area is 203 Å². The monoisotopic (exact) mass is 512 g/mol. The number of Topliss-reactive ketones (excluding diaryl/α,β-unsaturated/α-hetero) is 1. The van der Waals surface area contributed by atoms with Crippen molar-refractivity contribution in [2.45, 2.75) is 24.0 Å². The minimum absolute atomic E-state index is 0.0532. The smallest absolute Gasteiger partial charge is 0.184 e. The number of nitrogens with zero attached hydrogens (tertiary/aromatic N) is 3. The first-order chi connectivity index (χ1) is 17.1. The number of carbonyl (C=O) groups is 1. The summed E-state index contributed by atoms with van der Waals surface area (Å²) in [6.07, 6.45) is 1.63. The minimum Gasteiger partial charge on any atom is -0.333 e. The largest absolute Gasteiger partial charge is 0.333 e. The number of carbonyl (C=O) groups excluding carboxylic acids is 1. The number of para-hydroxylation sites is 1. The van der Waals surface area contributed by atoms with Gasteiger partial charge in [0.2, 0.25) is 0 Å². The summed E-state index contributed by atoms with van der Waals surface area (Å²) in [5.41, 5.74) is -0.817. The lowest BCUT2D eigenvalue weighted by atomic mass is 9.99. The van der Waals surface area contributed by atoms with Crippen molar-refractivity contribution in [3.05, 3.63) is 77.5 Å². The molecule has 5 rings (SSSR count). The molecule has 36 heavy (non-hydrogen) atoms. The molecule has 1 N–H and O–H groups in total. The van der Waals surface area contributed by atoms with Crippen LogP contribution in [0.15, 0.2) is 53.7 Å². The molecule has 0 amide bonds. The molecule has 0 aliphatic heterocycles. The molecule has 0 fully saturated rings. The summed E-state index contributed by atoms with van der Waals surface area (Å²) < 4.78 is 73.8. The molecule has 2 heterocycles. The molecule has 0 atom stereocenters. The fraction of sp³-hybridized carbons (Fsp3) is 0.160. The molecule has 0 saturated carbocycles. The van der Waals surface area contributed by atoms with Gasteiger partial charge in [0.15, 0.2) is 21.4 Å². The average Bonchev–Trinajstić information content (AvgIpc) is 3.46. The second-order valence-corrected chi connectivity index (χ2v) is 10.3. The summed E-state index contributed by atoms with van der Waals surface area (Å²) in [7, 11) is -2.46. The third-order valence-electron chi connectivity index (χ3n) is 6.09. The van der Waals surface area contributed by atoms with Crippen LogP contribution in [0.4, 0.5) is 13.2 Å². The third-order valence-corrected chi connectivity index (χ3v) is 7.78. The van der Waals surface area contributed by atoms with Crippen LogP contribution in [0.3, 0.4) is 0 Å². The minimum atomic E-state index is -4.09. The van der Waals surface area contributed by atoms with Crippen LogP contribution in [0.2, 0.25) is 0 Å². The Hall–Kier alpha value is -3.99. The van der Waals surface area contributed by atoms with E-state index in [4.69, 9.17) is 0 Å². The van der Waals surface area contributed by atoms with E-state index in [0.717, 1.165) is 18.2 Å². The van der Waals surface area contributed by atoms with Gasteiger partial charge in [-0.15, -0.1) is 0 Å². The van der Waals surface area contributed by atoms with Crippen molar-refractivity contribution in [3.63, 3.8) is 0 Å². The second kappa shape index (κ2) is 8.59. The normalized spacial score (nSPS) is 12.0. The van der Waals surface area contributed by atoms with Gasteiger partial charge in [0.1, 0.15) is 22.8 Å². The number of nitrogens with one attached hydrogen (secondary N) is 1. The number of benzene rings is 3. The van der Waals surface area contributed by atoms with Gasteiger partial charge >= 0.3 is 0 Å². The van der Waals surface area contributed by atoms with Crippen LogP contribution in [0.5, 0.6) is 0 Å². The number of aryl methyl sites for hydroxylation is 1. The predicted molar refractivity (Wildman–Crippen MR) is 128 cm³/mol. The molecule has 0 spiro atoms. The molecule has 0 aliphatic carbocycles. The van der Waals surface area contributed by atoms with Crippen molar-refractivity contribution in [1.82, 2.24) is 19.7 Å². The van der Waals surface area contributed by atoms with Gasteiger partial charge in [0.05, 0.1) is 33.6 Å². The Bertz CT molecular complexity index is 1790. The number of H-pyrrole nitrogens is 1. The van der Waals surface area contributed by atoms with Crippen molar-refractivity contribution in [2.75, 3.05) is 0 Å². The zero-order chi connectivity index (χ0) is 25.8. The predicted octanol–water partition coefficient (Wildman–Crippen LogP) is 5.10. The van der Waals surface area contributed by atoms with Gasteiger partial charge in [-0.3, -0.25) is 9.89 Å². The first-order valence-electron chi connectivity index (χ1n) is 10.9. The van der Waals surface area contributed by atoms with E-state index in [2.05, 4.69) is 15.2 Å². The highest BCUT2D eigenvalue weighted by Gasteiger charge is 2.27. The number of aromatic amines is 1. The highest BCUT2D eigenvalue weighted by atomic mass is 32.2. The number of aromatic nitrogens is 4. The van der Waals surface area contributed by atoms with Crippen molar-refractivity contribution in [1.29, 1.82) is 0 Å². The topological polar surface area (TPSA) is 97.7 Å². The van der Waals surface area contributed by atoms with E-state index in [1.807, 2.05) is 0 Å². The molecular formula is C25H19F3N4O3S. The molecule has 2 aromatic heterocycles. The molecule has 0 bridgehead atoms. The van der Waals surface area contributed by atoms with Crippen LogP contribution >= 0.6 is 0 Å². The maximum absolute atomic E-state index is 15.6. The number of halogens is 3. The highest BCUT2D eigenvalue weighted by molar-refractivity contribution is 7.90. The van der Waals surface area contributed by atoms with Gasteiger partial charge in [-0.05, 0) is 24.3 Å². The zero-order valence-corrected chi connectivity index (χ0v) is 20.0. The van der Waals surface area contributed by atoms with Crippen molar-refractivity contribution in [2.24, 2.45) is 7.05 Å².